The molecule has 2 aliphatic carbocycles. The minimum Gasteiger partial charge on any atom is -0.348 e. The van der Waals surface area contributed by atoms with Crippen LogP contribution in [0.3, 0.4) is 0 Å². The van der Waals surface area contributed by atoms with Crippen LogP contribution in [0.15, 0.2) is 0 Å². The molecule has 0 aromatic carbocycles. The second-order valence-electron chi connectivity index (χ2n) is 6.73. The molecule has 0 saturated heterocycles. The third-order valence-corrected chi connectivity index (χ3v) is 5.62. The molecular weight excluding hydrogens is 331 g/mol. The first-order valence-corrected chi connectivity index (χ1v) is 8.16. The molecule has 0 radical (unpaired) electrons. The Hall–Kier alpha value is -1.24. The number of hydrogen-bond donors (Lipinski definition) is 1. The average molecular weight is 350 g/mol. The van der Waals surface area contributed by atoms with Crippen molar-refractivity contribution in [1.82, 2.24) is 15.1 Å². The van der Waals surface area contributed by atoms with E-state index in [0.717, 1.165) is 17.0 Å². The van der Waals surface area contributed by atoms with Gasteiger partial charge in [0.2, 0.25) is 0 Å². The number of aromatic nitrogens is 2. The number of halogens is 4. The highest BCUT2D eigenvalue weighted by atomic mass is 35.5. The second-order valence-corrected chi connectivity index (χ2v) is 7.11. The molecule has 2 saturated carbocycles. The van der Waals surface area contributed by atoms with Crippen LogP contribution in [0.1, 0.15) is 48.8 Å². The maximum Gasteiger partial charge on any atom is 0.436 e. The van der Waals surface area contributed by atoms with Gasteiger partial charge in [0.1, 0.15) is 10.7 Å². The van der Waals surface area contributed by atoms with Crippen LogP contribution in [-0.4, -0.2) is 21.7 Å². The molecule has 2 fully saturated rings. The van der Waals surface area contributed by atoms with E-state index in [4.69, 9.17) is 11.6 Å². The number of fused-ring (bicyclic) bond motifs is 2. The number of nitrogens with zero attached hydrogens (tertiary/aromatic N) is 2. The highest BCUT2D eigenvalue weighted by molar-refractivity contribution is 6.34. The Kier molecular flexibility index (Phi) is 4.11. The molecule has 1 amide bonds. The summed E-state index contributed by atoms with van der Waals surface area (Å²) >= 11 is 5.75. The Morgan fingerprint density at radius 1 is 1.39 bits per heavy atom. The topological polar surface area (TPSA) is 46.9 Å². The van der Waals surface area contributed by atoms with Crippen LogP contribution in [-0.2, 0) is 13.2 Å². The average Bonchev–Trinajstić information content (AvgIpc) is 3.12. The van der Waals surface area contributed by atoms with Gasteiger partial charge < -0.3 is 5.32 Å². The molecule has 3 rings (SSSR count). The van der Waals surface area contributed by atoms with Crippen molar-refractivity contribution in [2.24, 2.45) is 24.8 Å². The van der Waals surface area contributed by atoms with Crippen molar-refractivity contribution in [3.8, 4) is 0 Å². The summed E-state index contributed by atoms with van der Waals surface area (Å²) in [7, 11) is 1.29. The van der Waals surface area contributed by atoms with Gasteiger partial charge >= 0.3 is 6.18 Å². The number of alkyl halides is 3. The number of rotatable bonds is 3. The van der Waals surface area contributed by atoms with E-state index in [2.05, 4.69) is 10.4 Å². The zero-order chi connectivity index (χ0) is 16.9. The molecule has 1 heterocycles. The largest absolute Gasteiger partial charge is 0.436 e. The molecule has 128 valence electrons. The van der Waals surface area contributed by atoms with Crippen LogP contribution in [0, 0.1) is 17.8 Å². The van der Waals surface area contributed by atoms with Gasteiger partial charge in [0.05, 0.1) is 0 Å². The monoisotopic (exact) mass is 349 g/mol. The Morgan fingerprint density at radius 2 is 2.09 bits per heavy atom. The molecular formula is C15H19ClF3N3O. The van der Waals surface area contributed by atoms with Crippen LogP contribution in [0.4, 0.5) is 13.2 Å². The van der Waals surface area contributed by atoms with Crippen molar-refractivity contribution in [2.45, 2.75) is 44.8 Å². The minimum atomic E-state index is -4.68. The smallest absolute Gasteiger partial charge is 0.348 e. The fourth-order valence-electron chi connectivity index (χ4n) is 4.21. The lowest BCUT2D eigenvalue weighted by Gasteiger charge is -2.28. The van der Waals surface area contributed by atoms with Crippen molar-refractivity contribution in [3.05, 3.63) is 16.4 Å². The predicted octanol–water partition coefficient (Wildman–Crippen LogP) is 3.65. The third kappa shape index (κ3) is 2.95. The van der Waals surface area contributed by atoms with Gasteiger partial charge in [-0.25, -0.2) is 0 Å². The molecule has 8 heteroatoms. The third-order valence-electron chi connectivity index (χ3n) is 5.27. The maximum atomic E-state index is 12.8. The standard InChI is InChI=1S/C15H19ClF3N3O/c1-7(10-6-8-3-4-9(10)5-8)20-14(23)12-11(16)13(15(17,18)19)21-22(12)2/h7-10H,3-6H2,1-2H3,(H,20,23)/t7-,8+,9+,10-/m1/s1. The highest BCUT2D eigenvalue weighted by Gasteiger charge is 2.43. The summed E-state index contributed by atoms with van der Waals surface area (Å²) in [6.45, 7) is 1.91. The van der Waals surface area contributed by atoms with Crippen LogP contribution in [0.25, 0.3) is 0 Å². The lowest BCUT2D eigenvalue weighted by molar-refractivity contribution is -0.141. The first-order valence-electron chi connectivity index (χ1n) is 7.79. The van der Waals surface area contributed by atoms with Crippen molar-refractivity contribution in [1.29, 1.82) is 0 Å². The van der Waals surface area contributed by atoms with Gasteiger partial charge in [-0.05, 0) is 43.9 Å². The van der Waals surface area contributed by atoms with Crippen LogP contribution in [0.2, 0.25) is 5.02 Å². The Balaban J connectivity index is 1.75. The van der Waals surface area contributed by atoms with Gasteiger partial charge in [-0.3, -0.25) is 9.48 Å². The molecule has 4 atom stereocenters. The molecule has 4 nitrogen and oxygen atoms in total. The van der Waals surface area contributed by atoms with Gasteiger partial charge in [-0.15, -0.1) is 0 Å². The Morgan fingerprint density at radius 3 is 2.57 bits per heavy atom. The van der Waals surface area contributed by atoms with E-state index in [9.17, 15) is 18.0 Å². The highest BCUT2D eigenvalue weighted by Crippen LogP contribution is 2.49. The number of aryl methyl sites for hydroxylation is 1. The SMILES string of the molecule is C[C@@H](NC(=O)c1c(Cl)c(C(F)(F)F)nn1C)[C@H]1C[C@H]2CC[C@H]1C2. The van der Waals surface area contributed by atoms with Gasteiger partial charge in [0.15, 0.2) is 5.69 Å². The molecule has 2 bridgehead atoms. The molecule has 0 spiro atoms. The summed E-state index contributed by atoms with van der Waals surface area (Å²) in [6.07, 6.45) is 0.0444. The van der Waals surface area contributed by atoms with E-state index < -0.39 is 22.8 Å². The molecule has 0 aliphatic heterocycles. The fraction of sp³-hybridized carbons (Fsp3) is 0.733. The van der Waals surface area contributed by atoms with E-state index in [1.165, 1.54) is 26.3 Å². The van der Waals surface area contributed by atoms with E-state index in [1.54, 1.807) is 0 Å². The first-order chi connectivity index (χ1) is 10.7. The van der Waals surface area contributed by atoms with Gasteiger partial charge in [0, 0.05) is 13.1 Å². The van der Waals surface area contributed by atoms with Crippen molar-refractivity contribution in [3.63, 3.8) is 0 Å². The number of carbonyl (C=O) groups excluding carboxylic acids is 1. The number of nitrogens with one attached hydrogen (secondary N) is 1. The first kappa shape index (κ1) is 16.6. The summed E-state index contributed by atoms with van der Waals surface area (Å²) in [5, 5.41) is 5.52. The predicted molar refractivity (Wildman–Crippen MR) is 79.1 cm³/mol. The fourth-order valence-corrected chi connectivity index (χ4v) is 4.57. The van der Waals surface area contributed by atoms with Crippen molar-refractivity contribution in [2.75, 3.05) is 0 Å². The molecule has 0 unspecified atom stereocenters. The van der Waals surface area contributed by atoms with E-state index >= 15 is 0 Å². The lowest BCUT2D eigenvalue weighted by atomic mass is 9.84. The van der Waals surface area contributed by atoms with Crippen LogP contribution < -0.4 is 5.32 Å². The lowest BCUT2D eigenvalue weighted by Crippen LogP contribution is -2.40. The quantitative estimate of drug-likeness (QED) is 0.905. The summed E-state index contributed by atoms with van der Waals surface area (Å²) in [6, 6.07) is -0.0851. The van der Waals surface area contributed by atoms with Crippen LogP contribution >= 0.6 is 11.6 Å². The van der Waals surface area contributed by atoms with E-state index in [0.29, 0.717) is 11.8 Å². The van der Waals surface area contributed by atoms with E-state index in [1.807, 2.05) is 6.92 Å². The maximum absolute atomic E-state index is 12.8. The molecule has 23 heavy (non-hydrogen) atoms. The minimum absolute atomic E-state index is 0.0851. The molecule has 2 aliphatic rings. The van der Waals surface area contributed by atoms with Gasteiger partial charge in [0.25, 0.3) is 5.91 Å². The molecule has 1 N–H and O–H groups in total. The van der Waals surface area contributed by atoms with Crippen LogP contribution in [0.5, 0.6) is 0 Å². The Bertz CT molecular complexity index is 628. The summed E-state index contributed by atoms with van der Waals surface area (Å²) < 4.78 is 39.4. The van der Waals surface area contributed by atoms with Crippen molar-refractivity contribution < 1.29 is 18.0 Å². The molecule has 1 aromatic heterocycles. The zero-order valence-electron chi connectivity index (χ0n) is 13.0. The number of hydrogen-bond acceptors (Lipinski definition) is 2. The van der Waals surface area contributed by atoms with Crippen molar-refractivity contribution >= 4 is 17.5 Å². The number of carbonyl (C=O) groups is 1. The second kappa shape index (κ2) is 5.69. The van der Waals surface area contributed by atoms with E-state index in [-0.39, 0.29) is 11.7 Å². The van der Waals surface area contributed by atoms with Gasteiger partial charge in [-0.2, -0.15) is 18.3 Å². The molecule has 1 aromatic rings. The normalized spacial score (nSPS) is 28.2. The number of amides is 1. The summed E-state index contributed by atoms with van der Waals surface area (Å²) in [5.74, 6) is 1.15. The summed E-state index contributed by atoms with van der Waals surface area (Å²) in [5.41, 5.74) is -1.46. The summed E-state index contributed by atoms with van der Waals surface area (Å²) in [4.78, 5) is 12.4. The zero-order valence-corrected chi connectivity index (χ0v) is 13.7. The van der Waals surface area contributed by atoms with Gasteiger partial charge in [-0.1, -0.05) is 18.0 Å². The Labute approximate surface area is 137 Å².